The van der Waals surface area contributed by atoms with Gasteiger partial charge in [-0.2, -0.15) is 0 Å². The van der Waals surface area contributed by atoms with Gasteiger partial charge in [0, 0.05) is 13.3 Å². The summed E-state index contributed by atoms with van der Waals surface area (Å²) < 4.78 is 9.35. The predicted molar refractivity (Wildman–Crippen MR) is 79.5 cm³/mol. The highest BCUT2D eigenvalue weighted by Gasteiger charge is 2.19. The fraction of sp³-hybridized carbons (Fsp3) is 0.750. The molecule has 0 N–H and O–H groups in total. The number of rotatable bonds is 9. The van der Waals surface area contributed by atoms with Crippen molar-refractivity contribution in [1.82, 2.24) is 4.57 Å². The van der Waals surface area contributed by atoms with Crippen molar-refractivity contribution < 1.29 is 14.1 Å². The van der Waals surface area contributed by atoms with E-state index in [-0.39, 0.29) is 5.97 Å². The van der Waals surface area contributed by atoms with E-state index in [2.05, 4.69) is 36.1 Å². The molecule has 0 amide bonds. The molecule has 0 aliphatic carbocycles. The summed E-state index contributed by atoms with van der Waals surface area (Å²) in [4.78, 5) is 11.3. The molecule has 0 saturated heterocycles. The minimum atomic E-state index is -0.135. The topological polar surface area (TPSA) is 35.1 Å². The Hall–Kier alpha value is -1.32. The van der Waals surface area contributed by atoms with Crippen molar-refractivity contribution in [3.63, 3.8) is 0 Å². The van der Waals surface area contributed by atoms with Crippen LogP contribution in [-0.2, 0) is 29.0 Å². The standard InChI is InChI=1S/C16H29N2O2/c1-5-7-8-9-12-18-14(3)17(6-2)13-15(18)10-11-16(19)20-4/h13H,5-12H2,1-4H3/q+1. The highest BCUT2D eigenvalue weighted by Crippen LogP contribution is 2.10. The molecule has 0 atom stereocenters. The first-order valence-electron chi connectivity index (χ1n) is 7.79. The van der Waals surface area contributed by atoms with Gasteiger partial charge in [-0.25, -0.2) is 9.13 Å². The van der Waals surface area contributed by atoms with Gasteiger partial charge in [0.2, 0.25) is 0 Å². The number of imidazole rings is 1. The van der Waals surface area contributed by atoms with Crippen molar-refractivity contribution in [2.45, 2.75) is 72.4 Å². The van der Waals surface area contributed by atoms with Gasteiger partial charge in [0.05, 0.1) is 26.6 Å². The molecule has 1 aromatic rings. The van der Waals surface area contributed by atoms with E-state index in [0.29, 0.717) is 6.42 Å². The second-order valence-electron chi connectivity index (χ2n) is 5.24. The van der Waals surface area contributed by atoms with Crippen molar-refractivity contribution in [3.8, 4) is 0 Å². The zero-order chi connectivity index (χ0) is 15.0. The maximum Gasteiger partial charge on any atom is 0.305 e. The van der Waals surface area contributed by atoms with Gasteiger partial charge >= 0.3 is 5.97 Å². The first-order valence-corrected chi connectivity index (χ1v) is 7.79. The molecular formula is C16H29N2O2+. The van der Waals surface area contributed by atoms with Crippen LogP contribution in [0.25, 0.3) is 0 Å². The zero-order valence-electron chi connectivity index (χ0n) is 13.4. The smallest absolute Gasteiger partial charge is 0.305 e. The summed E-state index contributed by atoms with van der Waals surface area (Å²) in [5.74, 6) is 1.15. The molecule has 0 aliphatic heterocycles. The average molecular weight is 281 g/mol. The molecular weight excluding hydrogens is 252 g/mol. The molecule has 1 heterocycles. The van der Waals surface area contributed by atoms with Crippen molar-refractivity contribution in [2.75, 3.05) is 7.11 Å². The van der Waals surface area contributed by atoms with Gasteiger partial charge in [-0.3, -0.25) is 4.79 Å². The van der Waals surface area contributed by atoms with Crippen molar-refractivity contribution in [1.29, 1.82) is 0 Å². The number of nitrogens with zero attached hydrogens (tertiary/aromatic N) is 2. The van der Waals surface area contributed by atoms with Crippen LogP contribution in [0, 0.1) is 6.92 Å². The molecule has 0 unspecified atom stereocenters. The normalized spacial score (nSPS) is 10.8. The van der Waals surface area contributed by atoms with Crippen molar-refractivity contribution in [2.24, 2.45) is 0 Å². The number of methoxy groups -OCH3 is 1. The Labute approximate surface area is 122 Å². The van der Waals surface area contributed by atoms with Gasteiger partial charge in [-0.15, -0.1) is 0 Å². The first kappa shape index (κ1) is 16.7. The summed E-state index contributed by atoms with van der Waals surface area (Å²) in [6.45, 7) is 8.56. The van der Waals surface area contributed by atoms with Crippen LogP contribution in [0.2, 0.25) is 0 Å². The second kappa shape index (κ2) is 8.77. The second-order valence-corrected chi connectivity index (χ2v) is 5.24. The minimum Gasteiger partial charge on any atom is -0.469 e. The molecule has 0 spiro atoms. The van der Waals surface area contributed by atoms with E-state index < -0.39 is 0 Å². The van der Waals surface area contributed by atoms with Crippen molar-refractivity contribution in [3.05, 3.63) is 17.7 Å². The molecule has 0 aliphatic rings. The van der Waals surface area contributed by atoms with Crippen LogP contribution in [0.3, 0.4) is 0 Å². The van der Waals surface area contributed by atoms with E-state index in [0.717, 1.165) is 19.5 Å². The first-order chi connectivity index (χ1) is 9.63. The highest BCUT2D eigenvalue weighted by molar-refractivity contribution is 5.69. The largest absolute Gasteiger partial charge is 0.469 e. The maximum atomic E-state index is 11.3. The summed E-state index contributed by atoms with van der Waals surface area (Å²) in [5.41, 5.74) is 1.24. The van der Waals surface area contributed by atoms with Gasteiger partial charge < -0.3 is 4.74 Å². The lowest BCUT2D eigenvalue weighted by Gasteiger charge is -2.04. The van der Waals surface area contributed by atoms with Crippen LogP contribution in [0.1, 0.15) is 57.5 Å². The Morgan fingerprint density at radius 1 is 1.30 bits per heavy atom. The monoisotopic (exact) mass is 281 g/mol. The van der Waals surface area contributed by atoms with Gasteiger partial charge in [-0.05, 0) is 19.8 Å². The van der Waals surface area contributed by atoms with Crippen LogP contribution in [0.4, 0.5) is 0 Å². The molecule has 4 nitrogen and oxygen atoms in total. The third kappa shape index (κ3) is 4.66. The van der Waals surface area contributed by atoms with Crippen LogP contribution in [0.5, 0.6) is 0 Å². The lowest BCUT2D eigenvalue weighted by Crippen LogP contribution is -2.33. The fourth-order valence-corrected chi connectivity index (χ4v) is 2.56. The van der Waals surface area contributed by atoms with Gasteiger partial charge in [0.25, 0.3) is 5.82 Å². The molecule has 0 bridgehead atoms. The van der Waals surface area contributed by atoms with E-state index in [1.54, 1.807) is 0 Å². The Kier molecular flexibility index (Phi) is 7.34. The summed E-state index contributed by atoms with van der Waals surface area (Å²) >= 11 is 0. The molecule has 4 heteroatoms. The Bertz CT molecular complexity index is 424. The van der Waals surface area contributed by atoms with Crippen LogP contribution in [-0.4, -0.2) is 17.6 Å². The average Bonchev–Trinajstić information content (AvgIpc) is 2.77. The molecule has 0 aromatic carbocycles. The molecule has 0 saturated carbocycles. The number of aromatic nitrogens is 2. The molecule has 20 heavy (non-hydrogen) atoms. The number of carbonyl (C=O) groups excluding carboxylic acids is 1. The van der Waals surface area contributed by atoms with Gasteiger partial charge in [0.1, 0.15) is 11.9 Å². The summed E-state index contributed by atoms with van der Waals surface area (Å²) in [7, 11) is 1.45. The van der Waals surface area contributed by atoms with Gasteiger partial charge in [-0.1, -0.05) is 19.8 Å². The summed E-state index contributed by atoms with van der Waals surface area (Å²) in [5, 5.41) is 0. The lowest BCUT2D eigenvalue weighted by molar-refractivity contribution is -0.699. The van der Waals surface area contributed by atoms with E-state index in [1.807, 2.05) is 0 Å². The number of ether oxygens (including phenoxy) is 1. The Morgan fingerprint density at radius 2 is 2.05 bits per heavy atom. The minimum absolute atomic E-state index is 0.135. The van der Waals surface area contributed by atoms with Crippen molar-refractivity contribution >= 4 is 5.97 Å². The number of aryl methyl sites for hydroxylation is 2. The molecule has 1 rings (SSSR count). The quantitative estimate of drug-likeness (QED) is 0.396. The van der Waals surface area contributed by atoms with E-state index in [9.17, 15) is 4.79 Å². The number of carbonyl (C=O) groups is 1. The van der Waals surface area contributed by atoms with Crippen LogP contribution >= 0.6 is 0 Å². The number of esters is 1. The maximum absolute atomic E-state index is 11.3. The molecule has 114 valence electrons. The van der Waals surface area contributed by atoms with Crippen LogP contribution < -0.4 is 4.57 Å². The predicted octanol–water partition coefficient (Wildman–Crippen LogP) is 2.79. The molecule has 1 aromatic heterocycles. The van der Waals surface area contributed by atoms with Gasteiger partial charge in [0.15, 0.2) is 0 Å². The highest BCUT2D eigenvalue weighted by atomic mass is 16.5. The van der Waals surface area contributed by atoms with E-state index in [1.165, 1.54) is 44.3 Å². The summed E-state index contributed by atoms with van der Waals surface area (Å²) in [6.07, 6.45) is 8.43. The Balaban J connectivity index is 2.72. The van der Waals surface area contributed by atoms with E-state index in [4.69, 9.17) is 4.74 Å². The molecule has 0 fully saturated rings. The lowest BCUT2D eigenvalue weighted by atomic mass is 10.2. The molecule has 0 radical (unpaired) electrons. The third-order valence-electron chi connectivity index (χ3n) is 3.85. The third-order valence-corrected chi connectivity index (χ3v) is 3.85. The van der Waals surface area contributed by atoms with E-state index >= 15 is 0 Å². The number of unbranched alkanes of at least 4 members (excludes halogenated alkanes) is 3. The number of hydrogen-bond donors (Lipinski definition) is 0. The van der Waals surface area contributed by atoms with Crippen LogP contribution in [0.15, 0.2) is 6.20 Å². The number of hydrogen-bond acceptors (Lipinski definition) is 2. The SMILES string of the molecule is CCCCCCn1c(CCC(=O)OC)c[n+](CC)c1C. The zero-order valence-corrected chi connectivity index (χ0v) is 13.4. The fourth-order valence-electron chi connectivity index (χ4n) is 2.56. The summed E-state index contributed by atoms with van der Waals surface area (Å²) in [6, 6.07) is 0. The Morgan fingerprint density at radius 3 is 2.65 bits per heavy atom.